The first-order valence-corrected chi connectivity index (χ1v) is 8.98. The van der Waals surface area contributed by atoms with E-state index < -0.39 is 10.0 Å². The second-order valence-electron chi connectivity index (χ2n) is 5.48. The summed E-state index contributed by atoms with van der Waals surface area (Å²) >= 11 is 5.81. The largest absolute Gasteiger partial charge is 0.399 e. The molecule has 23 heavy (non-hydrogen) atoms. The molecule has 1 atom stereocenters. The first kappa shape index (κ1) is 18.1. The number of nitrogens with two attached hydrogens (primary N) is 1. The fraction of sp³-hybridized carbons (Fsp3) is 0.250. The van der Waals surface area contributed by atoms with Crippen LogP contribution in [0.15, 0.2) is 47.4 Å². The molecule has 3 rings (SSSR count). The van der Waals surface area contributed by atoms with Gasteiger partial charge in [-0.05, 0) is 66.8 Å². The molecule has 0 saturated carbocycles. The smallest absolute Gasteiger partial charge is 0.241 e. The van der Waals surface area contributed by atoms with E-state index in [2.05, 4.69) is 4.72 Å². The molecule has 0 aromatic heterocycles. The van der Waals surface area contributed by atoms with Gasteiger partial charge in [-0.1, -0.05) is 17.7 Å². The molecule has 0 aliphatic heterocycles. The van der Waals surface area contributed by atoms with Crippen LogP contribution in [0.3, 0.4) is 0 Å². The van der Waals surface area contributed by atoms with E-state index in [0.29, 0.717) is 10.7 Å². The van der Waals surface area contributed by atoms with Crippen molar-refractivity contribution in [3.8, 4) is 0 Å². The Hall–Kier alpha value is -1.27. The van der Waals surface area contributed by atoms with Gasteiger partial charge in [-0.15, -0.1) is 12.4 Å². The van der Waals surface area contributed by atoms with E-state index in [1.807, 2.05) is 18.2 Å². The second-order valence-corrected chi connectivity index (χ2v) is 7.63. The summed E-state index contributed by atoms with van der Waals surface area (Å²) in [6, 6.07) is 11.6. The fourth-order valence-electron chi connectivity index (χ4n) is 2.83. The zero-order valence-electron chi connectivity index (χ0n) is 12.3. The van der Waals surface area contributed by atoms with E-state index in [-0.39, 0.29) is 23.3 Å². The molecular formula is C16H18Cl2N2O2S. The van der Waals surface area contributed by atoms with Gasteiger partial charge in [-0.3, -0.25) is 0 Å². The quantitative estimate of drug-likeness (QED) is 0.806. The lowest BCUT2D eigenvalue weighted by Crippen LogP contribution is -2.31. The van der Waals surface area contributed by atoms with Crippen LogP contribution >= 0.6 is 24.0 Å². The molecule has 4 nitrogen and oxygen atoms in total. The van der Waals surface area contributed by atoms with Crippen molar-refractivity contribution in [2.45, 2.75) is 30.2 Å². The van der Waals surface area contributed by atoms with Crippen LogP contribution in [0.5, 0.6) is 0 Å². The maximum Gasteiger partial charge on any atom is 0.241 e. The average Bonchev–Trinajstić information content (AvgIpc) is 2.47. The lowest BCUT2D eigenvalue weighted by Gasteiger charge is -2.26. The van der Waals surface area contributed by atoms with Gasteiger partial charge < -0.3 is 5.73 Å². The van der Waals surface area contributed by atoms with E-state index in [1.165, 1.54) is 12.1 Å². The second kappa shape index (κ2) is 7.09. The molecule has 0 amide bonds. The Bertz CT molecular complexity index is 792. The first-order valence-electron chi connectivity index (χ1n) is 7.12. The minimum atomic E-state index is -3.57. The van der Waals surface area contributed by atoms with Crippen molar-refractivity contribution in [2.24, 2.45) is 0 Å². The van der Waals surface area contributed by atoms with Gasteiger partial charge in [0.1, 0.15) is 0 Å². The van der Waals surface area contributed by atoms with Gasteiger partial charge in [0.2, 0.25) is 10.0 Å². The van der Waals surface area contributed by atoms with Crippen LogP contribution in [0.25, 0.3) is 0 Å². The molecular weight excluding hydrogens is 355 g/mol. The third-order valence-electron chi connectivity index (χ3n) is 3.90. The number of benzene rings is 2. The lowest BCUT2D eigenvalue weighted by atomic mass is 9.88. The van der Waals surface area contributed by atoms with Gasteiger partial charge in [0, 0.05) is 16.8 Å². The molecule has 0 bridgehead atoms. The Balaban J connectivity index is 0.00000192. The molecule has 2 aromatic carbocycles. The number of anilines is 1. The molecule has 2 aromatic rings. The van der Waals surface area contributed by atoms with E-state index in [9.17, 15) is 8.42 Å². The Morgan fingerprint density at radius 1 is 1.13 bits per heavy atom. The summed E-state index contributed by atoms with van der Waals surface area (Å²) in [5.74, 6) is 0. The number of hydrogen-bond donors (Lipinski definition) is 2. The van der Waals surface area contributed by atoms with Gasteiger partial charge in [0.25, 0.3) is 0 Å². The van der Waals surface area contributed by atoms with Crippen LogP contribution in [0, 0.1) is 0 Å². The lowest BCUT2D eigenvalue weighted by molar-refractivity contribution is 0.507. The summed E-state index contributed by atoms with van der Waals surface area (Å²) < 4.78 is 27.8. The number of nitrogen functional groups attached to an aromatic ring is 1. The van der Waals surface area contributed by atoms with E-state index in [0.717, 1.165) is 30.4 Å². The minimum absolute atomic E-state index is 0. The Kier molecular flexibility index (Phi) is 5.57. The predicted octanol–water partition coefficient (Wildman–Crippen LogP) is 3.70. The molecule has 1 aliphatic carbocycles. The molecule has 0 spiro atoms. The van der Waals surface area contributed by atoms with Gasteiger partial charge in [0.05, 0.1) is 4.90 Å². The molecule has 0 saturated heterocycles. The van der Waals surface area contributed by atoms with E-state index >= 15 is 0 Å². The summed E-state index contributed by atoms with van der Waals surface area (Å²) in [4.78, 5) is 0.222. The molecule has 3 N–H and O–H groups in total. The highest BCUT2D eigenvalue weighted by Crippen LogP contribution is 2.32. The molecule has 7 heteroatoms. The summed E-state index contributed by atoms with van der Waals surface area (Å²) in [5, 5.41) is 0.512. The van der Waals surface area contributed by atoms with Crippen molar-refractivity contribution in [3.05, 3.63) is 58.6 Å². The van der Waals surface area contributed by atoms with E-state index in [4.69, 9.17) is 17.3 Å². The van der Waals surface area contributed by atoms with Crippen molar-refractivity contribution in [1.82, 2.24) is 4.72 Å². The molecule has 0 radical (unpaired) electrons. The maximum absolute atomic E-state index is 12.5. The normalized spacial score (nSPS) is 17.2. The van der Waals surface area contributed by atoms with E-state index in [1.54, 1.807) is 12.1 Å². The SMILES string of the molecule is Cl.Nc1ccc2c(c1)CCCC2NS(=O)(=O)c1ccc(Cl)cc1. The number of hydrogen-bond acceptors (Lipinski definition) is 3. The summed E-state index contributed by atoms with van der Waals surface area (Å²) in [6.07, 6.45) is 2.65. The maximum atomic E-state index is 12.5. The Morgan fingerprint density at radius 3 is 2.52 bits per heavy atom. The highest BCUT2D eigenvalue weighted by atomic mass is 35.5. The van der Waals surface area contributed by atoms with Crippen LogP contribution in [-0.2, 0) is 16.4 Å². The number of nitrogens with one attached hydrogen (secondary N) is 1. The summed E-state index contributed by atoms with van der Waals surface area (Å²) in [6.45, 7) is 0. The molecule has 124 valence electrons. The predicted molar refractivity (Wildman–Crippen MR) is 95.6 cm³/mol. The van der Waals surface area contributed by atoms with Gasteiger partial charge >= 0.3 is 0 Å². The number of sulfonamides is 1. The number of aryl methyl sites for hydroxylation is 1. The zero-order chi connectivity index (χ0) is 15.7. The van der Waals surface area contributed by atoms with Gasteiger partial charge in [0.15, 0.2) is 0 Å². The highest BCUT2D eigenvalue weighted by Gasteiger charge is 2.25. The number of fused-ring (bicyclic) bond motifs is 1. The van der Waals surface area contributed by atoms with Crippen LogP contribution < -0.4 is 10.5 Å². The average molecular weight is 373 g/mol. The summed E-state index contributed by atoms with van der Waals surface area (Å²) in [5.41, 5.74) is 8.65. The third-order valence-corrected chi connectivity index (χ3v) is 5.64. The first-order chi connectivity index (χ1) is 10.5. The van der Waals surface area contributed by atoms with Crippen molar-refractivity contribution >= 4 is 39.7 Å². The van der Waals surface area contributed by atoms with Gasteiger partial charge in [-0.25, -0.2) is 13.1 Å². The van der Waals surface area contributed by atoms with Gasteiger partial charge in [-0.2, -0.15) is 0 Å². The van der Waals surface area contributed by atoms with Crippen molar-refractivity contribution in [2.75, 3.05) is 5.73 Å². The molecule has 0 heterocycles. The van der Waals surface area contributed by atoms with Crippen LogP contribution in [0.2, 0.25) is 5.02 Å². The van der Waals surface area contributed by atoms with Crippen molar-refractivity contribution in [1.29, 1.82) is 0 Å². The number of rotatable bonds is 3. The van der Waals surface area contributed by atoms with Crippen LogP contribution in [0.4, 0.5) is 5.69 Å². The van der Waals surface area contributed by atoms with Crippen molar-refractivity contribution < 1.29 is 8.42 Å². The van der Waals surface area contributed by atoms with Crippen LogP contribution in [-0.4, -0.2) is 8.42 Å². The fourth-order valence-corrected chi connectivity index (χ4v) is 4.20. The third kappa shape index (κ3) is 3.98. The molecule has 1 unspecified atom stereocenters. The number of halogens is 2. The minimum Gasteiger partial charge on any atom is -0.399 e. The summed E-state index contributed by atoms with van der Waals surface area (Å²) in [7, 11) is -3.57. The Labute approximate surface area is 147 Å². The topological polar surface area (TPSA) is 72.2 Å². The standard InChI is InChI=1S/C16H17ClN2O2S.ClH/c17-12-4-7-14(8-5-12)22(20,21)19-16-3-1-2-11-10-13(18)6-9-15(11)16;/h4-10,16,19H,1-3,18H2;1H. The monoisotopic (exact) mass is 372 g/mol. The highest BCUT2D eigenvalue weighted by molar-refractivity contribution is 7.89. The molecule has 0 fully saturated rings. The zero-order valence-corrected chi connectivity index (χ0v) is 14.7. The van der Waals surface area contributed by atoms with Crippen LogP contribution in [0.1, 0.15) is 30.0 Å². The Morgan fingerprint density at radius 2 is 1.83 bits per heavy atom. The molecule has 1 aliphatic rings. The van der Waals surface area contributed by atoms with Crippen molar-refractivity contribution in [3.63, 3.8) is 0 Å².